The van der Waals surface area contributed by atoms with E-state index in [1.807, 2.05) is 6.07 Å². The Morgan fingerprint density at radius 2 is 2.07 bits per heavy atom. The molecule has 0 radical (unpaired) electrons. The van der Waals surface area contributed by atoms with E-state index in [1.165, 1.54) is 6.07 Å². The van der Waals surface area contributed by atoms with Crippen LogP contribution in [-0.4, -0.2) is 16.1 Å². The van der Waals surface area contributed by atoms with Crippen LogP contribution in [0.2, 0.25) is 0 Å². The van der Waals surface area contributed by atoms with Crippen molar-refractivity contribution in [3.8, 4) is 0 Å². The lowest BCUT2D eigenvalue weighted by molar-refractivity contribution is 0.0691. The Hall–Kier alpha value is -1.55. The summed E-state index contributed by atoms with van der Waals surface area (Å²) in [6, 6.07) is 8.59. The first-order valence-corrected chi connectivity index (χ1v) is 4.44. The second-order valence-electron chi connectivity index (χ2n) is 2.88. The van der Waals surface area contributed by atoms with Crippen molar-refractivity contribution in [3.63, 3.8) is 0 Å². The molecule has 2 rings (SSSR count). The number of carboxylic acid groups (broad SMARTS) is 1. The summed E-state index contributed by atoms with van der Waals surface area (Å²) in [6.07, 6.45) is 0. The van der Waals surface area contributed by atoms with Gasteiger partial charge < -0.3 is 5.11 Å². The molecule has 0 bridgehead atoms. The van der Waals surface area contributed by atoms with Crippen molar-refractivity contribution in [1.29, 1.82) is 0 Å². The highest BCUT2D eigenvalue weighted by Gasteiger charge is 2.04. The first kappa shape index (κ1) is 9.02. The van der Waals surface area contributed by atoms with Crippen molar-refractivity contribution in [1.82, 2.24) is 4.98 Å². The predicted octanol–water partition coefficient (Wildman–Crippen LogP) is 2.22. The number of thiol groups is 1. The van der Waals surface area contributed by atoms with Gasteiger partial charge in [0.2, 0.25) is 0 Å². The zero-order valence-corrected chi connectivity index (χ0v) is 8.03. The number of benzene rings is 1. The van der Waals surface area contributed by atoms with Crippen LogP contribution in [0, 0.1) is 0 Å². The van der Waals surface area contributed by atoms with E-state index >= 15 is 0 Å². The number of aromatic nitrogens is 1. The highest BCUT2D eigenvalue weighted by molar-refractivity contribution is 7.80. The molecule has 1 N–H and O–H groups in total. The Labute approximate surface area is 85.8 Å². The summed E-state index contributed by atoms with van der Waals surface area (Å²) < 4.78 is 0. The molecule has 3 nitrogen and oxygen atoms in total. The molecule has 0 fully saturated rings. The second-order valence-corrected chi connectivity index (χ2v) is 3.40. The SMILES string of the molecule is O=C(O)c1ccc2cc(S)ccc2n1. The molecule has 2 aromatic rings. The topological polar surface area (TPSA) is 50.2 Å². The van der Waals surface area contributed by atoms with E-state index in [1.54, 1.807) is 18.2 Å². The van der Waals surface area contributed by atoms with Crippen LogP contribution in [0.3, 0.4) is 0 Å². The molecule has 0 saturated heterocycles. The van der Waals surface area contributed by atoms with Crippen LogP contribution in [0.1, 0.15) is 10.5 Å². The lowest BCUT2D eigenvalue weighted by Gasteiger charge is -1.99. The third-order valence-electron chi connectivity index (χ3n) is 1.89. The average molecular weight is 205 g/mol. The highest BCUT2D eigenvalue weighted by atomic mass is 32.1. The standard InChI is InChI=1S/C10H7NO2S/c12-10(13)9-3-1-6-5-7(14)2-4-8(6)11-9/h1-5,14H,(H,12,13). The van der Waals surface area contributed by atoms with E-state index in [9.17, 15) is 4.79 Å². The van der Waals surface area contributed by atoms with E-state index in [-0.39, 0.29) is 5.69 Å². The smallest absolute Gasteiger partial charge is 0.354 e. The maximum Gasteiger partial charge on any atom is 0.354 e. The van der Waals surface area contributed by atoms with Crippen LogP contribution >= 0.6 is 12.6 Å². The molecule has 0 spiro atoms. The molecule has 70 valence electrons. The molecule has 0 saturated carbocycles. The Morgan fingerprint density at radius 3 is 2.79 bits per heavy atom. The van der Waals surface area contributed by atoms with Crippen LogP contribution in [0.5, 0.6) is 0 Å². The molecular weight excluding hydrogens is 198 g/mol. The number of hydrogen-bond donors (Lipinski definition) is 2. The minimum Gasteiger partial charge on any atom is -0.477 e. The average Bonchev–Trinajstić information content (AvgIpc) is 2.16. The van der Waals surface area contributed by atoms with Crippen molar-refractivity contribution in [2.75, 3.05) is 0 Å². The van der Waals surface area contributed by atoms with Gasteiger partial charge >= 0.3 is 5.97 Å². The summed E-state index contributed by atoms with van der Waals surface area (Å²) in [5.74, 6) is -1.01. The predicted molar refractivity (Wildman–Crippen MR) is 56.0 cm³/mol. The maximum atomic E-state index is 10.6. The molecule has 0 aliphatic rings. The molecule has 14 heavy (non-hydrogen) atoms. The minimum absolute atomic E-state index is 0.0596. The number of aromatic carboxylic acids is 1. The Balaban J connectivity index is 2.67. The molecule has 0 unspecified atom stereocenters. The van der Waals surface area contributed by atoms with Crippen LogP contribution in [0.4, 0.5) is 0 Å². The molecule has 1 aromatic carbocycles. The van der Waals surface area contributed by atoms with Gasteiger partial charge in [0, 0.05) is 10.3 Å². The van der Waals surface area contributed by atoms with Gasteiger partial charge in [-0.25, -0.2) is 9.78 Å². The first-order valence-electron chi connectivity index (χ1n) is 4.00. The third kappa shape index (κ3) is 1.56. The summed E-state index contributed by atoms with van der Waals surface area (Å²) in [6.45, 7) is 0. The fourth-order valence-corrected chi connectivity index (χ4v) is 1.45. The largest absolute Gasteiger partial charge is 0.477 e. The molecule has 0 amide bonds. The van der Waals surface area contributed by atoms with Crippen LogP contribution in [0.25, 0.3) is 10.9 Å². The highest BCUT2D eigenvalue weighted by Crippen LogP contribution is 2.16. The quantitative estimate of drug-likeness (QED) is 0.702. The number of carboxylic acids is 1. The number of fused-ring (bicyclic) bond motifs is 1. The number of carbonyl (C=O) groups is 1. The van der Waals surface area contributed by atoms with Crippen LogP contribution in [0.15, 0.2) is 35.2 Å². The van der Waals surface area contributed by atoms with Gasteiger partial charge in [-0.15, -0.1) is 12.6 Å². The monoisotopic (exact) mass is 205 g/mol. The van der Waals surface area contributed by atoms with Crippen molar-refractivity contribution < 1.29 is 9.90 Å². The molecule has 1 heterocycles. The summed E-state index contributed by atoms with van der Waals surface area (Å²) in [4.78, 5) is 15.5. The summed E-state index contributed by atoms with van der Waals surface area (Å²) in [7, 11) is 0. The molecule has 0 aliphatic heterocycles. The van der Waals surface area contributed by atoms with E-state index in [2.05, 4.69) is 17.6 Å². The number of hydrogen-bond acceptors (Lipinski definition) is 3. The van der Waals surface area contributed by atoms with E-state index in [4.69, 9.17) is 5.11 Å². The Kier molecular flexibility index (Phi) is 2.13. The van der Waals surface area contributed by atoms with Gasteiger partial charge in [0.25, 0.3) is 0 Å². The summed E-state index contributed by atoms with van der Waals surface area (Å²) in [5, 5.41) is 9.61. The van der Waals surface area contributed by atoms with Crippen molar-refractivity contribution in [2.24, 2.45) is 0 Å². The Bertz CT molecular complexity index is 510. The van der Waals surface area contributed by atoms with Crippen molar-refractivity contribution in [3.05, 3.63) is 36.0 Å². The van der Waals surface area contributed by atoms with Crippen LogP contribution in [-0.2, 0) is 0 Å². The van der Waals surface area contributed by atoms with Crippen molar-refractivity contribution >= 4 is 29.5 Å². The number of pyridine rings is 1. The van der Waals surface area contributed by atoms with Gasteiger partial charge in [0.1, 0.15) is 5.69 Å². The summed E-state index contributed by atoms with van der Waals surface area (Å²) in [5.41, 5.74) is 0.729. The molecule has 4 heteroatoms. The zero-order chi connectivity index (χ0) is 10.1. The lowest BCUT2D eigenvalue weighted by atomic mass is 10.2. The fraction of sp³-hybridized carbons (Fsp3) is 0. The molecular formula is C10H7NO2S. The number of rotatable bonds is 1. The normalized spacial score (nSPS) is 10.4. The minimum atomic E-state index is -1.01. The van der Waals surface area contributed by atoms with E-state index in [0.29, 0.717) is 5.52 Å². The van der Waals surface area contributed by atoms with Gasteiger partial charge in [-0.3, -0.25) is 0 Å². The van der Waals surface area contributed by atoms with Gasteiger partial charge in [-0.2, -0.15) is 0 Å². The lowest BCUT2D eigenvalue weighted by Crippen LogP contribution is -1.99. The molecule has 0 aliphatic carbocycles. The van der Waals surface area contributed by atoms with E-state index < -0.39 is 5.97 Å². The second kappa shape index (κ2) is 3.31. The van der Waals surface area contributed by atoms with Gasteiger partial charge in [-0.05, 0) is 24.3 Å². The molecule has 0 atom stereocenters. The maximum absolute atomic E-state index is 10.6. The molecule has 1 aromatic heterocycles. The van der Waals surface area contributed by atoms with Crippen LogP contribution < -0.4 is 0 Å². The zero-order valence-electron chi connectivity index (χ0n) is 7.14. The van der Waals surface area contributed by atoms with Gasteiger partial charge in [0.15, 0.2) is 0 Å². The summed E-state index contributed by atoms with van der Waals surface area (Å²) >= 11 is 4.18. The third-order valence-corrected chi connectivity index (χ3v) is 2.17. The van der Waals surface area contributed by atoms with E-state index in [0.717, 1.165) is 10.3 Å². The number of nitrogens with zero attached hydrogens (tertiary/aromatic N) is 1. The first-order chi connectivity index (χ1) is 6.66. The fourth-order valence-electron chi connectivity index (χ4n) is 1.23. The van der Waals surface area contributed by atoms with Gasteiger partial charge in [0.05, 0.1) is 5.52 Å². The van der Waals surface area contributed by atoms with Crippen molar-refractivity contribution in [2.45, 2.75) is 4.90 Å². The Morgan fingerprint density at radius 1 is 1.29 bits per heavy atom. The van der Waals surface area contributed by atoms with Gasteiger partial charge in [-0.1, -0.05) is 6.07 Å².